The van der Waals surface area contributed by atoms with Crippen LogP contribution >= 0.6 is 0 Å². The number of benzene rings is 1. The summed E-state index contributed by atoms with van der Waals surface area (Å²) in [5, 5.41) is 12.9. The summed E-state index contributed by atoms with van der Waals surface area (Å²) >= 11 is 0. The van der Waals surface area contributed by atoms with E-state index in [0.717, 1.165) is 24.3 Å². The van der Waals surface area contributed by atoms with E-state index in [2.05, 4.69) is 19.2 Å². The smallest absolute Gasteiger partial charge is 0.160 e. The summed E-state index contributed by atoms with van der Waals surface area (Å²) in [5.74, 6) is 1.49. The maximum atomic E-state index is 9.45. The number of aliphatic hydroxyl groups is 1. The van der Waals surface area contributed by atoms with Gasteiger partial charge in [-0.15, -0.1) is 0 Å². The van der Waals surface area contributed by atoms with Crippen molar-refractivity contribution in [2.75, 3.05) is 20.8 Å². The van der Waals surface area contributed by atoms with Crippen LogP contribution in [0.2, 0.25) is 0 Å². The highest BCUT2D eigenvalue weighted by Gasteiger charge is 2.22. The zero-order valence-electron chi connectivity index (χ0n) is 13.2. The summed E-state index contributed by atoms with van der Waals surface area (Å²) in [5.41, 5.74) is 0.953. The summed E-state index contributed by atoms with van der Waals surface area (Å²) in [6.07, 6.45) is 1.76. The van der Waals surface area contributed by atoms with Crippen molar-refractivity contribution in [2.24, 2.45) is 0 Å². The van der Waals surface area contributed by atoms with Crippen LogP contribution < -0.4 is 14.8 Å². The highest BCUT2D eigenvalue weighted by molar-refractivity contribution is 5.43. The first-order chi connectivity index (χ1) is 9.47. The van der Waals surface area contributed by atoms with Gasteiger partial charge in [-0.25, -0.2) is 0 Å². The van der Waals surface area contributed by atoms with Gasteiger partial charge in [-0.3, -0.25) is 0 Å². The van der Waals surface area contributed by atoms with Gasteiger partial charge in [-0.05, 0) is 44.4 Å². The number of nitrogens with one attached hydrogen (secondary N) is 1. The molecule has 0 aliphatic carbocycles. The molecule has 0 saturated heterocycles. The third-order valence-electron chi connectivity index (χ3n) is 3.71. The van der Waals surface area contributed by atoms with Crippen LogP contribution in [0.3, 0.4) is 0 Å². The van der Waals surface area contributed by atoms with Gasteiger partial charge in [0.05, 0.1) is 20.8 Å². The van der Waals surface area contributed by atoms with Crippen molar-refractivity contribution in [2.45, 2.75) is 45.2 Å². The molecule has 0 aliphatic rings. The van der Waals surface area contributed by atoms with Crippen LogP contribution in [0.1, 0.15) is 32.8 Å². The Hall–Kier alpha value is -1.26. The quantitative estimate of drug-likeness (QED) is 0.768. The molecule has 2 atom stereocenters. The second-order valence-corrected chi connectivity index (χ2v) is 5.51. The molecule has 0 heterocycles. The number of ether oxygens (including phenoxy) is 2. The fourth-order valence-corrected chi connectivity index (χ4v) is 2.27. The van der Waals surface area contributed by atoms with Gasteiger partial charge < -0.3 is 19.9 Å². The lowest BCUT2D eigenvalue weighted by Gasteiger charge is -2.31. The molecule has 1 aromatic carbocycles. The summed E-state index contributed by atoms with van der Waals surface area (Å²) < 4.78 is 10.6. The van der Waals surface area contributed by atoms with E-state index in [4.69, 9.17) is 9.47 Å². The number of rotatable bonds is 8. The SMILES string of the molecule is CCC(C)(CO)NC(C)Cc1ccc(OC)c(OC)c1. The number of methoxy groups -OCH3 is 2. The van der Waals surface area contributed by atoms with Gasteiger partial charge in [0.25, 0.3) is 0 Å². The second-order valence-electron chi connectivity index (χ2n) is 5.51. The predicted octanol–water partition coefficient (Wildman–Crippen LogP) is 2.39. The highest BCUT2D eigenvalue weighted by atomic mass is 16.5. The van der Waals surface area contributed by atoms with E-state index in [9.17, 15) is 5.11 Å². The van der Waals surface area contributed by atoms with Crippen LogP contribution in [0.4, 0.5) is 0 Å². The van der Waals surface area contributed by atoms with Crippen LogP contribution in [-0.2, 0) is 6.42 Å². The van der Waals surface area contributed by atoms with Gasteiger partial charge in [0.2, 0.25) is 0 Å². The first kappa shape index (κ1) is 16.8. The van der Waals surface area contributed by atoms with E-state index < -0.39 is 0 Å². The Bertz CT molecular complexity index is 416. The van der Waals surface area contributed by atoms with Crippen molar-refractivity contribution in [1.82, 2.24) is 5.32 Å². The molecule has 2 unspecified atom stereocenters. The van der Waals surface area contributed by atoms with Crippen LogP contribution in [0.15, 0.2) is 18.2 Å². The van der Waals surface area contributed by atoms with Crippen molar-refractivity contribution in [3.63, 3.8) is 0 Å². The molecule has 4 heteroatoms. The summed E-state index contributed by atoms with van der Waals surface area (Å²) in [6.45, 7) is 6.38. The van der Waals surface area contributed by atoms with Crippen molar-refractivity contribution in [3.8, 4) is 11.5 Å². The van der Waals surface area contributed by atoms with E-state index in [1.165, 1.54) is 5.56 Å². The summed E-state index contributed by atoms with van der Waals surface area (Å²) in [6, 6.07) is 6.23. The molecule has 0 saturated carbocycles. The van der Waals surface area contributed by atoms with Gasteiger partial charge in [0.15, 0.2) is 11.5 Å². The van der Waals surface area contributed by atoms with E-state index >= 15 is 0 Å². The molecule has 20 heavy (non-hydrogen) atoms. The standard InChI is InChI=1S/C16H27NO3/c1-6-16(3,11-18)17-12(2)9-13-7-8-14(19-4)15(10-13)20-5/h7-8,10,12,17-18H,6,9,11H2,1-5H3. The van der Waals surface area contributed by atoms with Crippen LogP contribution in [-0.4, -0.2) is 37.5 Å². The molecule has 0 radical (unpaired) electrons. The maximum Gasteiger partial charge on any atom is 0.160 e. The number of hydrogen-bond donors (Lipinski definition) is 2. The zero-order chi connectivity index (χ0) is 15.2. The molecule has 0 amide bonds. The Kier molecular flexibility index (Phi) is 6.30. The molecule has 4 nitrogen and oxygen atoms in total. The Morgan fingerprint density at radius 3 is 2.40 bits per heavy atom. The highest BCUT2D eigenvalue weighted by Crippen LogP contribution is 2.28. The topological polar surface area (TPSA) is 50.7 Å². The lowest BCUT2D eigenvalue weighted by atomic mass is 9.97. The lowest BCUT2D eigenvalue weighted by molar-refractivity contribution is 0.159. The summed E-state index contributed by atoms with van der Waals surface area (Å²) in [4.78, 5) is 0. The number of hydrogen-bond acceptors (Lipinski definition) is 4. The van der Waals surface area contributed by atoms with E-state index in [0.29, 0.717) is 0 Å². The van der Waals surface area contributed by atoms with Gasteiger partial charge in [-0.2, -0.15) is 0 Å². The Morgan fingerprint density at radius 1 is 1.25 bits per heavy atom. The summed E-state index contributed by atoms with van der Waals surface area (Å²) in [7, 11) is 3.28. The first-order valence-electron chi connectivity index (χ1n) is 7.07. The molecule has 2 N–H and O–H groups in total. The van der Waals surface area contributed by atoms with Crippen LogP contribution in [0.25, 0.3) is 0 Å². The van der Waals surface area contributed by atoms with E-state index in [-0.39, 0.29) is 18.2 Å². The zero-order valence-corrected chi connectivity index (χ0v) is 13.2. The fraction of sp³-hybridized carbons (Fsp3) is 0.625. The molecule has 1 rings (SSSR count). The van der Waals surface area contributed by atoms with Crippen LogP contribution in [0, 0.1) is 0 Å². The average molecular weight is 281 g/mol. The van der Waals surface area contributed by atoms with Crippen molar-refractivity contribution < 1.29 is 14.6 Å². The average Bonchev–Trinajstić information content (AvgIpc) is 2.46. The largest absolute Gasteiger partial charge is 0.493 e. The van der Waals surface area contributed by atoms with Gasteiger partial charge in [0.1, 0.15) is 0 Å². The fourth-order valence-electron chi connectivity index (χ4n) is 2.27. The molecule has 0 aliphatic heterocycles. The van der Waals surface area contributed by atoms with E-state index in [1.807, 2.05) is 25.1 Å². The predicted molar refractivity (Wildman–Crippen MR) is 81.6 cm³/mol. The third-order valence-corrected chi connectivity index (χ3v) is 3.71. The molecule has 1 aromatic rings. The van der Waals surface area contributed by atoms with Gasteiger partial charge in [-0.1, -0.05) is 13.0 Å². The molecule has 114 valence electrons. The second kappa shape index (κ2) is 7.50. The molecule has 0 fully saturated rings. The van der Waals surface area contributed by atoms with Crippen LogP contribution in [0.5, 0.6) is 11.5 Å². The minimum atomic E-state index is -0.226. The Balaban J connectivity index is 2.73. The van der Waals surface area contributed by atoms with E-state index in [1.54, 1.807) is 14.2 Å². The molecular weight excluding hydrogens is 254 g/mol. The monoisotopic (exact) mass is 281 g/mol. The maximum absolute atomic E-state index is 9.45. The molecule has 0 aromatic heterocycles. The Labute approximate surface area is 122 Å². The third kappa shape index (κ3) is 4.39. The number of aliphatic hydroxyl groups excluding tert-OH is 1. The minimum Gasteiger partial charge on any atom is -0.493 e. The van der Waals surface area contributed by atoms with Crippen molar-refractivity contribution >= 4 is 0 Å². The molecule has 0 bridgehead atoms. The minimum absolute atomic E-state index is 0.139. The normalized spacial score (nSPS) is 15.5. The van der Waals surface area contributed by atoms with Crippen molar-refractivity contribution in [3.05, 3.63) is 23.8 Å². The van der Waals surface area contributed by atoms with Gasteiger partial charge >= 0.3 is 0 Å². The van der Waals surface area contributed by atoms with Crippen molar-refractivity contribution in [1.29, 1.82) is 0 Å². The first-order valence-corrected chi connectivity index (χ1v) is 7.07. The molecule has 0 spiro atoms. The van der Waals surface area contributed by atoms with Gasteiger partial charge in [0, 0.05) is 11.6 Å². The Morgan fingerprint density at radius 2 is 1.90 bits per heavy atom. The molecular formula is C16H27NO3. The lowest BCUT2D eigenvalue weighted by Crippen LogP contribution is -2.50.